The van der Waals surface area contributed by atoms with E-state index in [4.69, 9.17) is 4.74 Å². The van der Waals surface area contributed by atoms with E-state index in [0.29, 0.717) is 60.9 Å². The molecule has 2 aromatic carbocycles. The van der Waals surface area contributed by atoms with E-state index in [1.807, 2.05) is 4.90 Å². The monoisotopic (exact) mass is 836 g/mol. The third-order valence-electron chi connectivity index (χ3n) is 14.9. The first-order valence-electron chi connectivity index (χ1n) is 21.8. The highest BCUT2D eigenvalue weighted by Gasteiger charge is 2.47. The van der Waals surface area contributed by atoms with Gasteiger partial charge in [-0.3, -0.25) is 28.7 Å². The molecule has 2 aromatic heterocycles. The van der Waals surface area contributed by atoms with Crippen LogP contribution >= 0.6 is 0 Å². The van der Waals surface area contributed by atoms with Crippen molar-refractivity contribution in [3.63, 3.8) is 0 Å². The number of fused-ring (bicyclic) bond motifs is 4. The van der Waals surface area contributed by atoms with Gasteiger partial charge in [-0.15, -0.1) is 0 Å². The van der Waals surface area contributed by atoms with Gasteiger partial charge in [-0.1, -0.05) is 0 Å². The van der Waals surface area contributed by atoms with Crippen LogP contribution in [0, 0.1) is 70.8 Å². The molecule has 15 nitrogen and oxygen atoms in total. The topological polar surface area (TPSA) is 197 Å². The summed E-state index contributed by atoms with van der Waals surface area (Å²) in [5.74, 6) is -0.567. The molecule has 0 bridgehead atoms. The van der Waals surface area contributed by atoms with E-state index in [9.17, 15) is 29.7 Å². The molecule has 0 amide bonds. The second-order valence-corrected chi connectivity index (χ2v) is 18.4. The molecule has 61 heavy (non-hydrogen) atoms. The maximum atomic E-state index is 16.0. The summed E-state index contributed by atoms with van der Waals surface area (Å²) in [6.45, 7) is 4.48. The highest BCUT2D eigenvalue weighted by Crippen LogP contribution is 2.48. The summed E-state index contributed by atoms with van der Waals surface area (Å²) < 4.78 is 40.9. The predicted octanol–water partition coefficient (Wildman–Crippen LogP) is 3.69. The molecule has 10 rings (SSSR count). The number of halogens is 2. The molecule has 0 spiro atoms. The van der Waals surface area contributed by atoms with Gasteiger partial charge in [0.25, 0.3) is 11.1 Å². The van der Waals surface area contributed by atoms with E-state index in [2.05, 4.69) is 37.6 Å². The lowest BCUT2D eigenvalue weighted by Crippen LogP contribution is -2.49. The highest BCUT2D eigenvalue weighted by molar-refractivity contribution is 5.91. The Bertz CT molecular complexity index is 2780. The Morgan fingerprint density at radius 1 is 0.770 bits per heavy atom. The number of aromatic amines is 2. The smallest absolute Gasteiger partial charge is 0.329 e. The standard InChI is InChI=1S/C44H50F2N10O5/c1-21-36-27(41(57)51-43(59)55(36)25-5-6-25)13-31(45)37(21)53-17-22-3-9-34(29(22)19-53)49-16-24(15-48)33(11-12-47)50-35-10-4-23-18-54(20-30(23)35)39-32(46)14-28-38(40(39)61-2)56(26-7-8-26)44(60)52-42(28)58/h13-14,22-26,29-30,33-35,49-50H,3-11,16-20H2,1-2H3,(H,51,57,59)(H,52,58,60). The van der Waals surface area contributed by atoms with Crippen LogP contribution in [0.15, 0.2) is 31.3 Å². The van der Waals surface area contributed by atoms with E-state index in [0.717, 1.165) is 51.4 Å². The van der Waals surface area contributed by atoms with Gasteiger partial charge in [0.15, 0.2) is 11.6 Å². The van der Waals surface area contributed by atoms with Crippen molar-refractivity contribution >= 4 is 33.2 Å². The van der Waals surface area contributed by atoms with Crippen molar-refractivity contribution in [1.82, 2.24) is 29.7 Å². The quantitative estimate of drug-likeness (QED) is 0.163. The number of benzene rings is 2. The first kappa shape index (κ1) is 39.6. The highest BCUT2D eigenvalue weighted by atomic mass is 19.1. The Labute approximate surface area is 349 Å². The molecule has 4 aromatic rings. The molecule has 4 aliphatic carbocycles. The molecule has 4 heterocycles. The fourth-order valence-corrected chi connectivity index (χ4v) is 11.8. The zero-order chi connectivity index (χ0) is 42.4. The zero-order valence-corrected chi connectivity index (χ0v) is 34.3. The lowest BCUT2D eigenvalue weighted by molar-refractivity contribution is 0.296. The number of H-pyrrole nitrogens is 2. The molecule has 8 atom stereocenters. The molecule has 17 heteroatoms. The molecule has 6 fully saturated rings. The van der Waals surface area contributed by atoms with Gasteiger partial charge in [-0.05, 0) is 94.1 Å². The van der Waals surface area contributed by atoms with Crippen LogP contribution in [-0.4, -0.2) is 77.1 Å². The van der Waals surface area contributed by atoms with E-state index in [1.165, 1.54) is 23.8 Å². The summed E-state index contributed by atoms with van der Waals surface area (Å²) in [4.78, 5) is 60.2. The molecule has 320 valence electrons. The van der Waals surface area contributed by atoms with Gasteiger partial charge >= 0.3 is 11.4 Å². The molecular formula is C44H50F2N10O5. The van der Waals surface area contributed by atoms with Crippen molar-refractivity contribution in [2.24, 2.45) is 29.6 Å². The summed E-state index contributed by atoms with van der Waals surface area (Å²) in [6, 6.07) is 6.82. The van der Waals surface area contributed by atoms with Crippen molar-refractivity contribution < 1.29 is 13.5 Å². The lowest BCUT2D eigenvalue weighted by atomic mass is 9.92. The maximum Gasteiger partial charge on any atom is 0.329 e. The van der Waals surface area contributed by atoms with Crippen LogP contribution in [0.1, 0.15) is 75.4 Å². The van der Waals surface area contributed by atoms with Gasteiger partial charge in [-0.2, -0.15) is 10.5 Å². The summed E-state index contributed by atoms with van der Waals surface area (Å²) in [6.07, 6.45) is 6.96. The van der Waals surface area contributed by atoms with E-state index < -0.39 is 46.1 Å². The number of hydrogen-bond donors (Lipinski definition) is 4. The van der Waals surface area contributed by atoms with Gasteiger partial charge in [0.1, 0.15) is 17.0 Å². The summed E-state index contributed by atoms with van der Waals surface area (Å²) in [5.41, 5.74) is -0.140. The first-order valence-corrected chi connectivity index (χ1v) is 21.8. The van der Waals surface area contributed by atoms with Crippen molar-refractivity contribution in [2.45, 2.75) is 94.9 Å². The minimum absolute atomic E-state index is 0.00148. The summed E-state index contributed by atoms with van der Waals surface area (Å²) >= 11 is 0. The Kier molecular flexibility index (Phi) is 9.82. The van der Waals surface area contributed by atoms with Crippen molar-refractivity contribution in [1.29, 1.82) is 10.5 Å². The van der Waals surface area contributed by atoms with Gasteiger partial charge < -0.3 is 25.2 Å². The van der Waals surface area contributed by atoms with E-state index in [-0.39, 0.29) is 70.6 Å². The fourth-order valence-electron chi connectivity index (χ4n) is 11.8. The SMILES string of the molecule is COc1c(N2CC3CCC(NC(CC#N)C(C#N)CNC4CCC5CN(c6c(F)cc7c(=O)[nH]c(=O)n(C8CC8)c7c6C)CC54)C3C2)c(F)cc2c(=O)[nH]c(=O)n(C3CC3)c12. The molecule has 0 radical (unpaired) electrons. The molecule has 2 saturated heterocycles. The maximum absolute atomic E-state index is 16.0. The van der Waals surface area contributed by atoms with Gasteiger partial charge in [0.2, 0.25) is 0 Å². The first-order chi connectivity index (χ1) is 29.5. The molecule has 8 unspecified atom stereocenters. The number of hydrogen-bond acceptors (Lipinski definition) is 11. The molecule has 4 N–H and O–H groups in total. The van der Waals surface area contributed by atoms with Crippen molar-refractivity contribution in [2.75, 3.05) is 49.6 Å². The average Bonchev–Trinajstić information content (AvgIpc) is 4.08. The zero-order valence-electron chi connectivity index (χ0n) is 34.3. The summed E-state index contributed by atoms with van der Waals surface area (Å²) in [5, 5.41) is 28.1. The number of ether oxygens (including phenoxy) is 1. The van der Waals surface area contributed by atoms with Crippen LogP contribution in [0.25, 0.3) is 21.8 Å². The van der Waals surface area contributed by atoms with E-state index >= 15 is 8.78 Å². The number of anilines is 2. The predicted molar refractivity (Wildman–Crippen MR) is 224 cm³/mol. The molecule has 2 aliphatic heterocycles. The van der Waals surface area contributed by atoms with Gasteiger partial charge in [0.05, 0.1) is 53.6 Å². The third kappa shape index (κ3) is 6.63. The molecule has 4 saturated carbocycles. The average molecular weight is 837 g/mol. The third-order valence-corrected chi connectivity index (χ3v) is 14.9. The second-order valence-electron chi connectivity index (χ2n) is 18.4. The minimum atomic E-state index is -0.653. The van der Waals surface area contributed by atoms with Crippen LogP contribution in [0.4, 0.5) is 20.2 Å². The number of aromatic nitrogens is 4. The van der Waals surface area contributed by atoms with Crippen LogP contribution in [0.2, 0.25) is 0 Å². The number of nitrogens with zero attached hydrogens (tertiary/aromatic N) is 6. The number of aryl methyl sites for hydroxylation is 1. The minimum Gasteiger partial charge on any atom is -0.492 e. The molecular weight excluding hydrogens is 787 g/mol. The Morgan fingerprint density at radius 2 is 1.31 bits per heavy atom. The Morgan fingerprint density at radius 3 is 1.89 bits per heavy atom. The van der Waals surface area contributed by atoms with Crippen molar-refractivity contribution in [3.8, 4) is 17.9 Å². The van der Waals surface area contributed by atoms with Gasteiger partial charge in [0, 0.05) is 68.5 Å². The van der Waals surface area contributed by atoms with Crippen LogP contribution in [0.3, 0.4) is 0 Å². The fraction of sp³-hybridized carbons (Fsp3) is 0.591. The number of nitriles is 2. The second kappa shape index (κ2) is 15.1. The Balaban J connectivity index is 0.832. The van der Waals surface area contributed by atoms with Crippen LogP contribution in [-0.2, 0) is 0 Å². The largest absolute Gasteiger partial charge is 0.492 e. The van der Waals surface area contributed by atoms with Gasteiger partial charge in [-0.25, -0.2) is 18.4 Å². The van der Waals surface area contributed by atoms with Crippen LogP contribution < -0.4 is 47.7 Å². The lowest BCUT2D eigenvalue weighted by Gasteiger charge is -2.31. The number of rotatable bonds is 12. The molecule has 6 aliphatic rings. The number of methoxy groups -OCH3 is 1. The Hall–Kier alpha value is -5.52. The van der Waals surface area contributed by atoms with Crippen molar-refractivity contribution in [3.05, 3.63) is 71.0 Å². The van der Waals surface area contributed by atoms with Crippen LogP contribution in [0.5, 0.6) is 5.75 Å². The summed E-state index contributed by atoms with van der Waals surface area (Å²) in [7, 11) is 1.43. The normalized spacial score (nSPS) is 26.7. The number of nitrogens with one attached hydrogen (secondary N) is 4. The van der Waals surface area contributed by atoms with E-state index in [1.54, 1.807) is 11.5 Å².